The van der Waals surface area contributed by atoms with Gasteiger partial charge in [0.2, 0.25) is 0 Å². The van der Waals surface area contributed by atoms with Crippen LogP contribution in [-0.4, -0.2) is 22.6 Å². The third kappa shape index (κ3) is 3.76. The summed E-state index contributed by atoms with van der Waals surface area (Å²) in [5.74, 6) is -0.685. The van der Waals surface area contributed by atoms with Crippen LogP contribution in [0.2, 0.25) is 0 Å². The third-order valence-electron chi connectivity index (χ3n) is 3.16. The molecule has 8 heteroatoms. The lowest BCUT2D eigenvalue weighted by molar-refractivity contribution is 0.350. The van der Waals surface area contributed by atoms with Crippen molar-refractivity contribution in [2.45, 2.75) is 11.8 Å². The Bertz CT molecular complexity index is 840. The summed E-state index contributed by atoms with van der Waals surface area (Å²) in [6.07, 6.45) is 0. The summed E-state index contributed by atoms with van der Waals surface area (Å²) in [6.45, 7) is 1.74. The Labute approximate surface area is 142 Å². The highest BCUT2D eigenvalue weighted by Crippen LogP contribution is 2.33. The molecule has 0 unspecified atom stereocenters. The second kappa shape index (κ2) is 6.76. The number of hydrogen-bond donors (Lipinski definition) is 1. The molecule has 0 heterocycles. The summed E-state index contributed by atoms with van der Waals surface area (Å²) in [7, 11) is -1.42. The highest BCUT2D eigenvalue weighted by molar-refractivity contribution is 9.10. The van der Waals surface area contributed by atoms with Gasteiger partial charge in [0.15, 0.2) is 11.5 Å². The first-order chi connectivity index (χ1) is 10.8. The minimum Gasteiger partial charge on any atom is -0.493 e. The van der Waals surface area contributed by atoms with Gasteiger partial charge in [0, 0.05) is 16.6 Å². The van der Waals surface area contributed by atoms with E-state index >= 15 is 0 Å². The first kappa shape index (κ1) is 17.6. The molecule has 2 rings (SSSR count). The number of benzene rings is 2. The van der Waals surface area contributed by atoms with Crippen molar-refractivity contribution in [3.63, 3.8) is 0 Å². The first-order valence-corrected chi connectivity index (χ1v) is 8.76. The Balaban J connectivity index is 2.47. The lowest BCUT2D eigenvalue weighted by atomic mass is 10.2. The molecule has 0 aliphatic rings. The molecule has 0 bridgehead atoms. The van der Waals surface area contributed by atoms with E-state index in [-0.39, 0.29) is 11.5 Å². The summed E-state index contributed by atoms with van der Waals surface area (Å²) in [4.78, 5) is -0.516. The van der Waals surface area contributed by atoms with Gasteiger partial charge in [-0.1, -0.05) is 15.9 Å². The second-order valence-corrected chi connectivity index (χ2v) is 7.27. The van der Waals surface area contributed by atoms with Crippen LogP contribution in [0, 0.1) is 12.7 Å². The van der Waals surface area contributed by atoms with Crippen molar-refractivity contribution in [1.29, 1.82) is 0 Å². The Kier molecular flexibility index (Phi) is 5.16. The van der Waals surface area contributed by atoms with E-state index < -0.39 is 20.7 Å². The standard InChI is InChI=1S/C15H15BrFNO4S/c1-9-6-10(16)4-5-12(9)18-23(19,20)15-8-14(22-3)13(21-2)7-11(15)17/h4-8,18H,1-3H3. The zero-order valence-electron chi connectivity index (χ0n) is 12.7. The minimum atomic E-state index is -4.11. The van der Waals surface area contributed by atoms with Crippen LogP contribution in [0.15, 0.2) is 39.7 Å². The molecule has 0 atom stereocenters. The SMILES string of the molecule is COc1cc(F)c(S(=O)(=O)Nc2ccc(Br)cc2C)cc1OC. The van der Waals surface area contributed by atoms with Gasteiger partial charge in [0.25, 0.3) is 10.0 Å². The topological polar surface area (TPSA) is 64.6 Å². The minimum absolute atomic E-state index is 0.115. The van der Waals surface area contributed by atoms with Crippen LogP contribution in [0.4, 0.5) is 10.1 Å². The van der Waals surface area contributed by atoms with Crippen LogP contribution < -0.4 is 14.2 Å². The first-order valence-electron chi connectivity index (χ1n) is 6.49. The summed E-state index contributed by atoms with van der Waals surface area (Å²) in [6, 6.07) is 7.10. The number of anilines is 1. The Morgan fingerprint density at radius 2 is 1.70 bits per heavy atom. The maximum absolute atomic E-state index is 14.2. The van der Waals surface area contributed by atoms with Crippen LogP contribution in [0.3, 0.4) is 0 Å². The number of methoxy groups -OCH3 is 2. The zero-order valence-corrected chi connectivity index (χ0v) is 15.1. The van der Waals surface area contributed by atoms with Gasteiger partial charge < -0.3 is 9.47 Å². The molecular formula is C15H15BrFNO4S. The van der Waals surface area contributed by atoms with Gasteiger partial charge in [-0.05, 0) is 30.7 Å². The molecule has 23 heavy (non-hydrogen) atoms. The maximum atomic E-state index is 14.2. The largest absolute Gasteiger partial charge is 0.493 e. The molecule has 0 saturated carbocycles. The monoisotopic (exact) mass is 403 g/mol. The van der Waals surface area contributed by atoms with Crippen LogP contribution >= 0.6 is 15.9 Å². The molecule has 2 aromatic carbocycles. The van der Waals surface area contributed by atoms with Crippen LogP contribution in [-0.2, 0) is 10.0 Å². The smallest absolute Gasteiger partial charge is 0.264 e. The average molecular weight is 404 g/mol. The molecule has 0 amide bonds. The number of ether oxygens (including phenoxy) is 2. The lowest BCUT2D eigenvalue weighted by Crippen LogP contribution is -2.15. The average Bonchev–Trinajstić information content (AvgIpc) is 2.49. The number of nitrogens with one attached hydrogen (secondary N) is 1. The molecule has 0 aromatic heterocycles. The quantitative estimate of drug-likeness (QED) is 0.825. The van der Waals surface area contributed by atoms with E-state index in [1.807, 2.05) is 0 Å². The van der Waals surface area contributed by atoms with E-state index in [1.165, 1.54) is 14.2 Å². The third-order valence-corrected chi connectivity index (χ3v) is 5.03. The summed E-state index contributed by atoms with van der Waals surface area (Å²) in [5.41, 5.74) is 1.06. The van der Waals surface area contributed by atoms with Gasteiger partial charge in [0.1, 0.15) is 10.7 Å². The van der Waals surface area contributed by atoms with Gasteiger partial charge >= 0.3 is 0 Å². The predicted octanol–water partition coefficient (Wildman–Crippen LogP) is 3.71. The zero-order chi connectivity index (χ0) is 17.2. The molecule has 0 aliphatic carbocycles. The fourth-order valence-electron chi connectivity index (χ4n) is 1.98. The Hall–Kier alpha value is -1.80. The molecule has 0 radical (unpaired) electrons. The molecule has 2 aromatic rings. The Morgan fingerprint density at radius 1 is 1.09 bits per heavy atom. The fourth-order valence-corrected chi connectivity index (χ4v) is 3.66. The van der Waals surface area contributed by atoms with E-state index in [1.54, 1.807) is 25.1 Å². The lowest BCUT2D eigenvalue weighted by Gasteiger charge is -2.14. The molecule has 0 saturated heterocycles. The predicted molar refractivity (Wildman–Crippen MR) is 89.2 cm³/mol. The number of rotatable bonds is 5. The molecule has 5 nitrogen and oxygen atoms in total. The van der Waals surface area contributed by atoms with Crippen LogP contribution in [0.1, 0.15) is 5.56 Å². The van der Waals surface area contributed by atoms with Crippen molar-refractivity contribution in [3.8, 4) is 11.5 Å². The molecular weight excluding hydrogens is 389 g/mol. The van der Waals surface area contributed by atoms with Crippen molar-refractivity contribution in [3.05, 3.63) is 46.2 Å². The highest BCUT2D eigenvalue weighted by atomic mass is 79.9. The van der Waals surface area contributed by atoms with Gasteiger partial charge in [-0.2, -0.15) is 0 Å². The van der Waals surface area contributed by atoms with Crippen molar-refractivity contribution >= 4 is 31.6 Å². The maximum Gasteiger partial charge on any atom is 0.264 e. The summed E-state index contributed by atoms with van der Waals surface area (Å²) < 4.78 is 52.3. The summed E-state index contributed by atoms with van der Waals surface area (Å²) >= 11 is 3.30. The van der Waals surface area contributed by atoms with Gasteiger partial charge in [-0.15, -0.1) is 0 Å². The number of halogens is 2. The van der Waals surface area contributed by atoms with Crippen molar-refractivity contribution in [2.75, 3.05) is 18.9 Å². The van der Waals surface area contributed by atoms with E-state index in [0.29, 0.717) is 11.3 Å². The molecule has 0 aliphatic heterocycles. The van der Waals surface area contributed by atoms with E-state index in [0.717, 1.165) is 16.6 Å². The normalized spacial score (nSPS) is 11.2. The van der Waals surface area contributed by atoms with Crippen molar-refractivity contribution in [1.82, 2.24) is 0 Å². The number of hydrogen-bond acceptors (Lipinski definition) is 4. The van der Waals surface area contributed by atoms with Crippen LogP contribution in [0.5, 0.6) is 11.5 Å². The molecule has 1 N–H and O–H groups in total. The van der Waals surface area contributed by atoms with Gasteiger partial charge in [-0.25, -0.2) is 12.8 Å². The second-order valence-electron chi connectivity index (χ2n) is 4.70. The number of aryl methyl sites for hydroxylation is 1. The van der Waals surface area contributed by atoms with E-state index in [2.05, 4.69) is 20.7 Å². The summed E-state index contributed by atoms with van der Waals surface area (Å²) in [5, 5.41) is 0. The molecule has 124 valence electrons. The number of sulfonamides is 1. The van der Waals surface area contributed by atoms with Gasteiger partial charge in [-0.3, -0.25) is 4.72 Å². The molecule has 0 spiro atoms. The van der Waals surface area contributed by atoms with Crippen molar-refractivity contribution < 1.29 is 22.3 Å². The van der Waals surface area contributed by atoms with E-state index in [4.69, 9.17) is 9.47 Å². The van der Waals surface area contributed by atoms with Crippen LogP contribution in [0.25, 0.3) is 0 Å². The van der Waals surface area contributed by atoms with E-state index in [9.17, 15) is 12.8 Å². The van der Waals surface area contributed by atoms with Gasteiger partial charge in [0.05, 0.1) is 19.9 Å². The molecule has 0 fully saturated rings. The van der Waals surface area contributed by atoms with Crippen molar-refractivity contribution in [2.24, 2.45) is 0 Å². The Morgan fingerprint density at radius 3 is 2.26 bits per heavy atom. The highest BCUT2D eigenvalue weighted by Gasteiger charge is 2.23. The fraction of sp³-hybridized carbons (Fsp3) is 0.200.